The van der Waals surface area contributed by atoms with Crippen LogP contribution in [-0.4, -0.2) is 12.7 Å². The third-order valence-electron chi connectivity index (χ3n) is 2.21. The van der Waals surface area contributed by atoms with Crippen molar-refractivity contribution in [3.63, 3.8) is 0 Å². The van der Waals surface area contributed by atoms with Crippen molar-refractivity contribution in [2.24, 2.45) is 0 Å². The second-order valence-corrected chi connectivity index (χ2v) is 3.21. The van der Waals surface area contributed by atoms with Gasteiger partial charge in [-0.1, -0.05) is 12.5 Å². The molecule has 1 nitrogen and oxygen atoms in total. The Kier molecular flexibility index (Phi) is 4.29. The molecule has 1 heteroatoms. The maximum absolute atomic E-state index is 5.51. The smallest absolute Gasteiger partial charge is 0.0576 e. The average molecular weight is 154 g/mol. The molecule has 1 aliphatic heterocycles. The molecule has 0 N–H and O–H groups in total. The van der Waals surface area contributed by atoms with Gasteiger partial charge < -0.3 is 4.74 Å². The fourth-order valence-corrected chi connectivity index (χ4v) is 1.53. The van der Waals surface area contributed by atoms with Gasteiger partial charge in [0, 0.05) is 6.61 Å². The summed E-state index contributed by atoms with van der Waals surface area (Å²) in [5, 5.41) is 0. The SMILES string of the molecule is C=CCCCCC1CCCO1. The predicted octanol–water partition coefficient (Wildman–Crippen LogP) is 2.91. The second-order valence-electron chi connectivity index (χ2n) is 3.21. The van der Waals surface area contributed by atoms with Crippen molar-refractivity contribution in [1.82, 2.24) is 0 Å². The lowest BCUT2D eigenvalue weighted by Gasteiger charge is -2.07. The van der Waals surface area contributed by atoms with Crippen LogP contribution in [0.4, 0.5) is 0 Å². The van der Waals surface area contributed by atoms with Gasteiger partial charge in [-0.25, -0.2) is 0 Å². The lowest BCUT2D eigenvalue weighted by Crippen LogP contribution is -2.03. The number of hydrogen-bond donors (Lipinski definition) is 0. The van der Waals surface area contributed by atoms with Crippen molar-refractivity contribution >= 4 is 0 Å². The molecule has 0 radical (unpaired) electrons. The van der Waals surface area contributed by atoms with E-state index in [0.717, 1.165) is 13.0 Å². The van der Waals surface area contributed by atoms with Gasteiger partial charge in [0.15, 0.2) is 0 Å². The number of rotatable bonds is 5. The molecule has 0 bridgehead atoms. The second kappa shape index (κ2) is 5.36. The Hall–Kier alpha value is -0.300. The van der Waals surface area contributed by atoms with E-state index >= 15 is 0 Å². The Labute approximate surface area is 69.4 Å². The molecule has 0 amide bonds. The first kappa shape index (κ1) is 8.79. The summed E-state index contributed by atoms with van der Waals surface area (Å²) < 4.78 is 5.51. The molecule has 1 unspecified atom stereocenters. The van der Waals surface area contributed by atoms with Crippen LogP contribution in [0.2, 0.25) is 0 Å². The van der Waals surface area contributed by atoms with E-state index in [4.69, 9.17) is 4.74 Å². The summed E-state index contributed by atoms with van der Waals surface area (Å²) in [6.07, 6.45) is 10.1. The Morgan fingerprint density at radius 1 is 1.45 bits per heavy atom. The quantitative estimate of drug-likeness (QED) is 0.437. The monoisotopic (exact) mass is 154 g/mol. The van der Waals surface area contributed by atoms with Crippen molar-refractivity contribution in [3.05, 3.63) is 12.7 Å². The van der Waals surface area contributed by atoms with Gasteiger partial charge in [0.05, 0.1) is 6.10 Å². The molecule has 0 aromatic heterocycles. The highest BCUT2D eigenvalue weighted by Gasteiger charge is 2.13. The summed E-state index contributed by atoms with van der Waals surface area (Å²) in [6.45, 7) is 4.69. The highest BCUT2D eigenvalue weighted by molar-refractivity contribution is 4.68. The van der Waals surface area contributed by atoms with E-state index in [1.54, 1.807) is 0 Å². The van der Waals surface area contributed by atoms with Crippen molar-refractivity contribution in [2.75, 3.05) is 6.61 Å². The van der Waals surface area contributed by atoms with Crippen LogP contribution >= 0.6 is 0 Å². The summed E-state index contributed by atoms with van der Waals surface area (Å²) in [7, 11) is 0. The summed E-state index contributed by atoms with van der Waals surface area (Å²) in [6, 6.07) is 0. The topological polar surface area (TPSA) is 9.23 Å². The molecule has 0 spiro atoms. The van der Waals surface area contributed by atoms with Crippen LogP contribution in [0.15, 0.2) is 12.7 Å². The minimum Gasteiger partial charge on any atom is -0.378 e. The third-order valence-corrected chi connectivity index (χ3v) is 2.21. The molecule has 0 aromatic rings. The van der Waals surface area contributed by atoms with Gasteiger partial charge in [0.2, 0.25) is 0 Å². The summed E-state index contributed by atoms with van der Waals surface area (Å²) in [5.74, 6) is 0. The van der Waals surface area contributed by atoms with Gasteiger partial charge in [0.1, 0.15) is 0 Å². The first-order chi connectivity index (χ1) is 5.43. The van der Waals surface area contributed by atoms with Crippen molar-refractivity contribution in [3.8, 4) is 0 Å². The van der Waals surface area contributed by atoms with Gasteiger partial charge in [0.25, 0.3) is 0 Å². The minimum atomic E-state index is 0.583. The molecular weight excluding hydrogens is 136 g/mol. The Morgan fingerprint density at radius 2 is 2.36 bits per heavy atom. The maximum atomic E-state index is 5.51. The van der Waals surface area contributed by atoms with Crippen molar-refractivity contribution in [2.45, 2.75) is 44.6 Å². The van der Waals surface area contributed by atoms with E-state index in [9.17, 15) is 0 Å². The number of hydrogen-bond acceptors (Lipinski definition) is 1. The zero-order valence-corrected chi connectivity index (χ0v) is 7.22. The molecule has 0 saturated carbocycles. The van der Waals surface area contributed by atoms with Crippen LogP contribution in [-0.2, 0) is 4.74 Å². The molecule has 1 fully saturated rings. The predicted molar refractivity (Wildman–Crippen MR) is 47.6 cm³/mol. The Morgan fingerprint density at radius 3 is 3.00 bits per heavy atom. The fraction of sp³-hybridized carbons (Fsp3) is 0.800. The lowest BCUT2D eigenvalue weighted by molar-refractivity contribution is 0.102. The van der Waals surface area contributed by atoms with E-state index in [-0.39, 0.29) is 0 Å². The third kappa shape index (κ3) is 3.57. The lowest BCUT2D eigenvalue weighted by atomic mass is 10.1. The first-order valence-corrected chi connectivity index (χ1v) is 4.66. The highest BCUT2D eigenvalue weighted by Crippen LogP contribution is 2.17. The molecule has 1 rings (SSSR count). The number of ether oxygens (including phenoxy) is 1. The zero-order chi connectivity index (χ0) is 7.94. The van der Waals surface area contributed by atoms with Crippen LogP contribution in [0.1, 0.15) is 38.5 Å². The van der Waals surface area contributed by atoms with E-state index < -0.39 is 0 Å². The summed E-state index contributed by atoms with van der Waals surface area (Å²) >= 11 is 0. The van der Waals surface area contributed by atoms with E-state index in [0.29, 0.717) is 6.10 Å². The molecular formula is C10H18O. The molecule has 11 heavy (non-hydrogen) atoms. The maximum Gasteiger partial charge on any atom is 0.0576 e. The molecule has 0 aliphatic carbocycles. The van der Waals surface area contributed by atoms with Crippen LogP contribution in [0.3, 0.4) is 0 Å². The summed E-state index contributed by atoms with van der Waals surface area (Å²) in [5.41, 5.74) is 0. The van der Waals surface area contributed by atoms with E-state index in [1.807, 2.05) is 6.08 Å². The van der Waals surface area contributed by atoms with Crippen LogP contribution < -0.4 is 0 Å². The van der Waals surface area contributed by atoms with Crippen LogP contribution in [0, 0.1) is 0 Å². The van der Waals surface area contributed by atoms with Crippen LogP contribution in [0.5, 0.6) is 0 Å². The molecule has 1 saturated heterocycles. The van der Waals surface area contributed by atoms with Gasteiger partial charge in [-0.05, 0) is 32.1 Å². The van der Waals surface area contributed by atoms with Crippen molar-refractivity contribution < 1.29 is 4.74 Å². The largest absolute Gasteiger partial charge is 0.378 e. The van der Waals surface area contributed by atoms with Gasteiger partial charge in [-0.15, -0.1) is 6.58 Å². The van der Waals surface area contributed by atoms with Gasteiger partial charge >= 0.3 is 0 Å². The first-order valence-electron chi connectivity index (χ1n) is 4.66. The molecule has 1 aliphatic rings. The summed E-state index contributed by atoms with van der Waals surface area (Å²) in [4.78, 5) is 0. The van der Waals surface area contributed by atoms with Crippen LogP contribution in [0.25, 0.3) is 0 Å². The Balaban J connectivity index is 1.89. The van der Waals surface area contributed by atoms with E-state index in [2.05, 4.69) is 6.58 Å². The standard InChI is InChI=1S/C10H18O/c1-2-3-4-5-7-10-8-6-9-11-10/h2,10H,1,3-9H2. The van der Waals surface area contributed by atoms with Gasteiger partial charge in [-0.3, -0.25) is 0 Å². The molecule has 1 atom stereocenters. The average Bonchev–Trinajstić information content (AvgIpc) is 2.50. The number of unbranched alkanes of at least 4 members (excludes halogenated alkanes) is 2. The van der Waals surface area contributed by atoms with Gasteiger partial charge in [-0.2, -0.15) is 0 Å². The normalized spacial score (nSPS) is 23.8. The molecule has 64 valence electrons. The molecule has 1 heterocycles. The zero-order valence-electron chi connectivity index (χ0n) is 7.22. The molecule has 0 aromatic carbocycles. The van der Waals surface area contributed by atoms with Crippen molar-refractivity contribution in [1.29, 1.82) is 0 Å². The fourth-order valence-electron chi connectivity index (χ4n) is 1.53. The Bertz CT molecular complexity index is 103. The minimum absolute atomic E-state index is 0.583. The highest BCUT2D eigenvalue weighted by atomic mass is 16.5. The van der Waals surface area contributed by atoms with E-state index in [1.165, 1.54) is 32.1 Å². The number of allylic oxidation sites excluding steroid dienone is 1.